The van der Waals surface area contributed by atoms with Crippen molar-refractivity contribution >= 4 is 38.8 Å². The molecule has 0 bridgehead atoms. The Morgan fingerprint density at radius 1 is 1.32 bits per heavy atom. The van der Waals surface area contributed by atoms with Crippen LogP contribution in [0.3, 0.4) is 0 Å². The Labute approximate surface area is 171 Å². The summed E-state index contributed by atoms with van der Waals surface area (Å²) >= 11 is 3.24. The number of fused-ring (bicyclic) bond motifs is 2. The quantitative estimate of drug-likeness (QED) is 0.649. The minimum Gasteiger partial charge on any atom is -0.338 e. The van der Waals surface area contributed by atoms with Crippen molar-refractivity contribution in [3.05, 3.63) is 42.7 Å². The van der Waals surface area contributed by atoms with Crippen LogP contribution in [0.2, 0.25) is 0 Å². The van der Waals surface area contributed by atoms with Crippen molar-refractivity contribution in [2.45, 2.75) is 59.0 Å². The lowest BCUT2D eigenvalue weighted by Gasteiger charge is -2.30. The molecule has 0 spiro atoms. The molecule has 8 heteroatoms. The third-order valence-electron chi connectivity index (χ3n) is 5.61. The second kappa shape index (κ2) is 7.40. The van der Waals surface area contributed by atoms with Gasteiger partial charge >= 0.3 is 0 Å². The van der Waals surface area contributed by atoms with Gasteiger partial charge in [-0.2, -0.15) is 0 Å². The fourth-order valence-electron chi connectivity index (χ4n) is 3.88. The Morgan fingerprint density at radius 2 is 2.11 bits per heavy atom. The van der Waals surface area contributed by atoms with Crippen molar-refractivity contribution in [2.24, 2.45) is 0 Å². The Hall–Kier alpha value is -2.06. The highest BCUT2D eigenvalue weighted by Gasteiger charge is 2.29. The van der Waals surface area contributed by atoms with Crippen molar-refractivity contribution in [2.75, 3.05) is 7.05 Å². The first-order valence-corrected chi connectivity index (χ1v) is 11.2. The Balaban J connectivity index is 1.51. The summed E-state index contributed by atoms with van der Waals surface area (Å²) in [5.41, 5.74) is 2.08. The van der Waals surface area contributed by atoms with Gasteiger partial charge < -0.3 is 4.90 Å². The number of hydrogen-bond acceptors (Lipinski definition) is 6. The lowest BCUT2D eigenvalue weighted by molar-refractivity contribution is -0.132. The lowest BCUT2D eigenvalue weighted by Crippen LogP contribution is -2.34. The summed E-state index contributed by atoms with van der Waals surface area (Å²) in [6, 6.07) is 0.0987. The first-order chi connectivity index (χ1) is 13.4. The zero-order valence-electron chi connectivity index (χ0n) is 16.6. The maximum Gasteiger partial charge on any atom is 0.262 e. The number of nitrogens with zero attached hydrogens (tertiary/aromatic N) is 4. The van der Waals surface area contributed by atoms with E-state index in [0.29, 0.717) is 11.9 Å². The molecule has 4 rings (SSSR count). The molecule has 1 aliphatic rings. The predicted molar refractivity (Wildman–Crippen MR) is 113 cm³/mol. The minimum absolute atomic E-state index is 0.0501. The van der Waals surface area contributed by atoms with Gasteiger partial charge in [-0.1, -0.05) is 0 Å². The van der Waals surface area contributed by atoms with Crippen LogP contribution in [0.1, 0.15) is 51.3 Å². The van der Waals surface area contributed by atoms with Gasteiger partial charge in [-0.05, 0) is 45.6 Å². The van der Waals surface area contributed by atoms with Gasteiger partial charge in [0.2, 0.25) is 5.91 Å². The number of aryl methyl sites for hydroxylation is 5. The second-order valence-corrected chi connectivity index (χ2v) is 9.85. The molecule has 0 fully saturated rings. The van der Waals surface area contributed by atoms with Crippen molar-refractivity contribution in [3.8, 4) is 0 Å². The molecule has 0 N–H and O–H groups in total. The number of hydrogen-bond donors (Lipinski definition) is 0. The number of carbonyl (C=O) groups is 1. The van der Waals surface area contributed by atoms with E-state index in [2.05, 4.69) is 9.97 Å². The molecule has 3 aromatic heterocycles. The molecular formula is C20H24N4O2S2. The first kappa shape index (κ1) is 19.3. The molecule has 6 nitrogen and oxygen atoms in total. The number of carbonyl (C=O) groups excluding carboxylic acids is 1. The predicted octanol–water partition coefficient (Wildman–Crippen LogP) is 3.77. The Kier molecular flexibility index (Phi) is 5.09. The number of thiophene rings is 1. The van der Waals surface area contributed by atoms with Gasteiger partial charge in [0, 0.05) is 24.9 Å². The summed E-state index contributed by atoms with van der Waals surface area (Å²) in [5, 5.41) is 1.74. The molecule has 0 saturated heterocycles. The van der Waals surface area contributed by atoms with Gasteiger partial charge in [-0.25, -0.2) is 9.97 Å². The third-order valence-corrected chi connectivity index (χ3v) is 7.84. The van der Waals surface area contributed by atoms with Gasteiger partial charge in [0.15, 0.2) is 0 Å². The molecule has 1 unspecified atom stereocenters. The SMILES string of the molecule is Cc1nc2c(s1)C(N(C)C(=O)CCn1cnc3sc(C)c(C)c3c1=O)CCC2. The highest BCUT2D eigenvalue weighted by molar-refractivity contribution is 7.18. The monoisotopic (exact) mass is 416 g/mol. The van der Waals surface area contributed by atoms with E-state index >= 15 is 0 Å². The molecule has 0 radical (unpaired) electrons. The number of rotatable bonds is 4. The van der Waals surface area contributed by atoms with E-state index in [-0.39, 0.29) is 23.9 Å². The molecule has 0 aromatic carbocycles. The maximum atomic E-state index is 12.9. The number of aromatic nitrogens is 3. The van der Waals surface area contributed by atoms with Crippen molar-refractivity contribution in [1.29, 1.82) is 0 Å². The fraction of sp³-hybridized carbons (Fsp3) is 0.500. The van der Waals surface area contributed by atoms with E-state index < -0.39 is 0 Å². The average molecular weight is 417 g/mol. The van der Waals surface area contributed by atoms with Crippen LogP contribution in [0.4, 0.5) is 0 Å². The minimum atomic E-state index is -0.0552. The van der Waals surface area contributed by atoms with Crippen molar-refractivity contribution in [1.82, 2.24) is 19.4 Å². The molecule has 148 valence electrons. The summed E-state index contributed by atoms with van der Waals surface area (Å²) < 4.78 is 1.57. The summed E-state index contributed by atoms with van der Waals surface area (Å²) in [5.74, 6) is 0.0501. The zero-order valence-corrected chi connectivity index (χ0v) is 18.2. The van der Waals surface area contributed by atoms with Crippen LogP contribution in [-0.4, -0.2) is 32.4 Å². The molecule has 0 saturated carbocycles. The van der Waals surface area contributed by atoms with Gasteiger partial charge in [-0.15, -0.1) is 22.7 Å². The van der Waals surface area contributed by atoms with Crippen LogP contribution in [0.25, 0.3) is 10.2 Å². The Bertz CT molecular complexity index is 1110. The molecule has 0 aliphatic heterocycles. The molecule has 1 aliphatic carbocycles. The highest BCUT2D eigenvalue weighted by Crippen LogP contribution is 2.37. The van der Waals surface area contributed by atoms with E-state index in [1.165, 1.54) is 4.88 Å². The molecule has 3 heterocycles. The van der Waals surface area contributed by atoms with Crippen molar-refractivity contribution in [3.63, 3.8) is 0 Å². The van der Waals surface area contributed by atoms with Crippen molar-refractivity contribution < 1.29 is 4.79 Å². The van der Waals surface area contributed by atoms with E-state index in [4.69, 9.17) is 0 Å². The molecule has 3 aromatic rings. The molecule has 1 atom stereocenters. The number of thiazole rings is 1. The maximum absolute atomic E-state index is 12.9. The summed E-state index contributed by atoms with van der Waals surface area (Å²) in [6.45, 7) is 6.33. The van der Waals surface area contributed by atoms with Crippen LogP contribution in [-0.2, 0) is 17.8 Å². The highest BCUT2D eigenvalue weighted by atomic mass is 32.1. The molecular weight excluding hydrogens is 392 g/mol. The average Bonchev–Trinajstić information content (AvgIpc) is 3.19. The van der Waals surface area contributed by atoms with Crippen LogP contribution in [0.5, 0.6) is 0 Å². The van der Waals surface area contributed by atoms with Gasteiger partial charge in [0.25, 0.3) is 5.56 Å². The summed E-state index contributed by atoms with van der Waals surface area (Å²) in [4.78, 5) is 39.7. The van der Waals surface area contributed by atoms with Crippen LogP contribution in [0, 0.1) is 20.8 Å². The second-order valence-electron chi connectivity index (χ2n) is 7.41. The third kappa shape index (κ3) is 3.28. The van der Waals surface area contributed by atoms with Crippen LogP contribution in [0.15, 0.2) is 11.1 Å². The van der Waals surface area contributed by atoms with E-state index in [9.17, 15) is 9.59 Å². The van der Waals surface area contributed by atoms with Crippen LogP contribution < -0.4 is 5.56 Å². The lowest BCUT2D eigenvalue weighted by atomic mass is 9.97. The standard InChI is InChI=1S/C20H24N4O2S2/c1-11-12(2)27-19-17(11)20(26)24(10-21-19)9-8-16(25)23(4)15-7-5-6-14-18(15)28-13(3)22-14/h10,15H,5-9H2,1-4H3. The van der Waals surface area contributed by atoms with E-state index in [1.54, 1.807) is 33.6 Å². The zero-order chi connectivity index (χ0) is 20.0. The normalized spacial score (nSPS) is 16.4. The van der Waals surface area contributed by atoms with Gasteiger partial charge in [0.1, 0.15) is 4.83 Å². The Morgan fingerprint density at radius 3 is 2.89 bits per heavy atom. The largest absolute Gasteiger partial charge is 0.338 e. The molecule has 1 amide bonds. The van der Waals surface area contributed by atoms with E-state index in [0.717, 1.165) is 45.2 Å². The van der Waals surface area contributed by atoms with Gasteiger partial charge in [-0.3, -0.25) is 14.2 Å². The van der Waals surface area contributed by atoms with Gasteiger partial charge in [0.05, 0.1) is 33.3 Å². The number of amides is 1. The smallest absolute Gasteiger partial charge is 0.262 e. The summed E-state index contributed by atoms with van der Waals surface area (Å²) in [6.07, 6.45) is 4.87. The topological polar surface area (TPSA) is 68.1 Å². The first-order valence-electron chi connectivity index (χ1n) is 9.53. The molecule has 28 heavy (non-hydrogen) atoms. The van der Waals surface area contributed by atoms with Crippen LogP contribution >= 0.6 is 22.7 Å². The fourth-order valence-corrected chi connectivity index (χ4v) is 6.02. The summed E-state index contributed by atoms with van der Waals surface area (Å²) in [7, 11) is 1.87. The van der Waals surface area contributed by atoms with E-state index in [1.807, 2.05) is 32.7 Å².